The maximum absolute atomic E-state index is 14.5. The molecule has 1 fully saturated rings. The van der Waals surface area contributed by atoms with Crippen molar-refractivity contribution in [3.05, 3.63) is 64.9 Å². The molecule has 0 saturated carbocycles. The van der Waals surface area contributed by atoms with E-state index in [4.69, 9.17) is 11.0 Å². The lowest BCUT2D eigenvalue weighted by atomic mass is 10.0. The summed E-state index contributed by atoms with van der Waals surface area (Å²) in [5, 5.41) is 14.2. The number of aromatic nitrogens is 2. The molecule has 1 aliphatic heterocycles. The molecule has 2 unspecified atom stereocenters. The monoisotopic (exact) mass is 419 g/mol. The summed E-state index contributed by atoms with van der Waals surface area (Å²) in [4.78, 5) is 20.6. The smallest absolute Gasteiger partial charge is 0.275 e. The predicted molar refractivity (Wildman–Crippen MR) is 101 cm³/mol. The van der Waals surface area contributed by atoms with E-state index in [0.717, 1.165) is 6.07 Å². The maximum Gasteiger partial charge on any atom is 0.275 e. The van der Waals surface area contributed by atoms with E-state index in [0.29, 0.717) is 17.2 Å². The van der Waals surface area contributed by atoms with Gasteiger partial charge in [-0.2, -0.15) is 14.0 Å². The third-order valence-corrected chi connectivity index (χ3v) is 4.38. The number of anilines is 1. The molecule has 3 rings (SSSR count). The van der Waals surface area contributed by atoms with E-state index in [1.165, 1.54) is 18.3 Å². The van der Waals surface area contributed by atoms with Gasteiger partial charge in [-0.25, -0.2) is 14.4 Å². The minimum absolute atomic E-state index is 0.00800. The first kappa shape index (κ1) is 21.4. The van der Waals surface area contributed by atoms with Gasteiger partial charge in [0.2, 0.25) is 6.10 Å². The van der Waals surface area contributed by atoms with Crippen molar-refractivity contribution >= 4 is 11.7 Å². The number of hydrogen-bond acceptors (Lipinski definition) is 6. The highest BCUT2D eigenvalue weighted by Gasteiger charge is 2.37. The Morgan fingerprint density at radius 3 is 2.90 bits per heavy atom. The number of pyridine rings is 2. The Kier molecular flexibility index (Phi) is 6.41. The quantitative estimate of drug-likeness (QED) is 0.647. The van der Waals surface area contributed by atoms with Crippen LogP contribution in [-0.2, 0) is 0 Å². The number of amides is 1. The number of hydrogen-bond donors (Lipinski definition) is 3. The Bertz CT molecular complexity index is 1040. The second kappa shape index (κ2) is 9.00. The molecule has 156 valence electrons. The predicted octanol–water partition coefficient (Wildman–Crippen LogP) is 1.65. The van der Waals surface area contributed by atoms with Crippen LogP contribution in [0.3, 0.4) is 0 Å². The first-order valence-corrected chi connectivity index (χ1v) is 8.84. The number of halogens is 3. The summed E-state index contributed by atoms with van der Waals surface area (Å²) >= 11 is 0. The highest BCUT2D eigenvalue weighted by molar-refractivity contribution is 6.03. The van der Waals surface area contributed by atoms with E-state index in [1.807, 2.05) is 6.07 Å². The van der Waals surface area contributed by atoms with Crippen LogP contribution in [0.15, 0.2) is 36.6 Å². The van der Waals surface area contributed by atoms with Crippen molar-refractivity contribution in [3.63, 3.8) is 0 Å². The van der Waals surface area contributed by atoms with Crippen LogP contribution >= 0.6 is 0 Å². The molecule has 0 bridgehead atoms. The minimum atomic E-state index is -1.96. The highest BCUT2D eigenvalue weighted by Crippen LogP contribution is 2.26. The lowest BCUT2D eigenvalue weighted by Crippen LogP contribution is -2.54. The van der Waals surface area contributed by atoms with Crippen LogP contribution in [-0.4, -0.2) is 39.5 Å². The molecule has 1 aliphatic rings. The number of carbonyl (C=O) groups is 1. The van der Waals surface area contributed by atoms with Crippen LogP contribution < -0.4 is 16.4 Å². The fourth-order valence-corrected chi connectivity index (χ4v) is 3.04. The van der Waals surface area contributed by atoms with Crippen LogP contribution in [0.1, 0.15) is 33.4 Å². The lowest BCUT2D eigenvalue weighted by molar-refractivity contribution is -0.137. The van der Waals surface area contributed by atoms with Gasteiger partial charge in [0.05, 0.1) is 11.6 Å². The first-order chi connectivity index (χ1) is 14.3. The molecule has 30 heavy (non-hydrogen) atoms. The number of nitrogens with zero attached hydrogens (tertiary/aromatic N) is 3. The van der Waals surface area contributed by atoms with E-state index in [1.54, 1.807) is 6.92 Å². The van der Waals surface area contributed by atoms with Crippen LogP contribution in [0.5, 0.6) is 0 Å². The summed E-state index contributed by atoms with van der Waals surface area (Å²) in [5.74, 6) is -1.39. The van der Waals surface area contributed by atoms with Gasteiger partial charge in [-0.3, -0.25) is 10.1 Å². The number of aliphatic hydroxyl groups is 2. The molecule has 8 nitrogen and oxygen atoms in total. The molecular formula is C19H18F3N6O2+. The van der Waals surface area contributed by atoms with Gasteiger partial charge in [-0.1, -0.05) is 0 Å². The average molecular weight is 419 g/mol. The number of carbonyl (C=O) groups excluding carboxylic acids is 1. The standard InChI is InChI=1S/C19H17F3N6O2/c1-9-4-10(6-23)7-25-16(9)19(29)28-15-3-2-11(20)17(27-15)18-12(5-13(21)22)30-8-14(24)26-18/h2-5,7,12,14,18,26H,8,24H2,1H3,(H,27,28,29)/p+1/t12-,14?,18?/m1/s1. The third-order valence-electron chi connectivity index (χ3n) is 4.38. The maximum atomic E-state index is 14.5. The zero-order valence-electron chi connectivity index (χ0n) is 15.7. The van der Waals surface area contributed by atoms with Crippen molar-refractivity contribution in [2.24, 2.45) is 5.73 Å². The molecule has 0 aliphatic carbocycles. The third kappa shape index (κ3) is 4.80. The molecule has 2 aromatic heterocycles. The van der Waals surface area contributed by atoms with Gasteiger partial charge in [0.15, 0.2) is 6.61 Å². The van der Waals surface area contributed by atoms with Crippen molar-refractivity contribution in [3.8, 4) is 6.07 Å². The average Bonchev–Trinajstić information content (AvgIpc) is 2.70. The summed E-state index contributed by atoms with van der Waals surface area (Å²) in [6, 6.07) is 4.68. The fraction of sp³-hybridized carbons (Fsp3) is 0.263. The molecule has 3 atom stereocenters. The Morgan fingerprint density at radius 2 is 2.23 bits per heavy atom. The normalized spacial score (nSPS) is 20.9. The van der Waals surface area contributed by atoms with Gasteiger partial charge in [-0.05, 0) is 30.7 Å². The number of rotatable bonds is 4. The van der Waals surface area contributed by atoms with E-state index in [-0.39, 0.29) is 23.8 Å². The Labute approximate surface area is 169 Å². The topological polar surface area (TPSA) is 130 Å². The summed E-state index contributed by atoms with van der Waals surface area (Å²) in [6.07, 6.45) is -1.85. The summed E-state index contributed by atoms with van der Waals surface area (Å²) in [5.41, 5.74) is 6.40. The number of morpholine rings is 1. The molecular weight excluding hydrogens is 401 g/mol. The molecule has 0 spiro atoms. The Morgan fingerprint density at radius 1 is 1.47 bits per heavy atom. The number of nitrogens with one attached hydrogen (secondary N) is 2. The summed E-state index contributed by atoms with van der Waals surface area (Å²) in [6.45, 7) is 1.69. The Balaban J connectivity index is 1.88. The van der Waals surface area contributed by atoms with Crippen LogP contribution in [0.4, 0.5) is 19.0 Å². The Hall–Kier alpha value is -3.33. The van der Waals surface area contributed by atoms with Gasteiger partial charge in [0.1, 0.15) is 41.3 Å². The fourth-order valence-electron chi connectivity index (χ4n) is 3.04. The van der Waals surface area contributed by atoms with Crippen LogP contribution in [0.25, 0.3) is 0 Å². The van der Waals surface area contributed by atoms with Crippen LogP contribution in [0.2, 0.25) is 0 Å². The van der Waals surface area contributed by atoms with Crippen molar-refractivity contribution in [1.29, 1.82) is 5.26 Å². The van der Waals surface area contributed by atoms with Crippen molar-refractivity contribution < 1.29 is 22.7 Å². The lowest BCUT2D eigenvalue weighted by Gasteiger charge is -2.31. The molecule has 0 aromatic carbocycles. The molecule has 1 amide bonds. The molecule has 11 heteroatoms. The van der Waals surface area contributed by atoms with E-state index in [2.05, 4.69) is 25.3 Å². The van der Waals surface area contributed by atoms with E-state index < -0.39 is 36.1 Å². The summed E-state index contributed by atoms with van der Waals surface area (Å²) < 4.78 is 44.1. The number of aryl methyl sites for hydroxylation is 1. The number of nitriles is 1. The van der Waals surface area contributed by atoms with E-state index in [9.17, 15) is 18.0 Å². The van der Waals surface area contributed by atoms with Gasteiger partial charge < -0.3 is 15.8 Å². The SMILES string of the molecule is Cc1cc(C#N)cnc1C(=O)Nc1ccc(F)c(C2NC(N)C[OH+][C@@H]2C=C(F)F)n1. The number of nitrogens with two attached hydrogens (primary N) is 1. The van der Waals surface area contributed by atoms with Crippen LogP contribution in [0, 0.1) is 24.1 Å². The molecule has 2 aromatic rings. The van der Waals surface area contributed by atoms with Crippen molar-refractivity contribution in [2.45, 2.75) is 25.2 Å². The largest absolute Gasteiger partial charge is 0.425 e. The number of ether oxygens (including phenoxy) is 1. The zero-order valence-corrected chi connectivity index (χ0v) is 15.7. The van der Waals surface area contributed by atoms with Gasteiger partial charge >= 0.3 is 0 Å². The highest BCUT2D eigenvalue weighted by atomic mass is 19.3. The van der Waals surface area contributed by atoms with Gasteiger partial charge in [0.25, 0.3) is 12.0 Å². The molecule has 1 saturated heterocycles. The molecule has 0 radical (unpaired) electrons. The second-order valence-corrected chi connectivity index (χ2v) is 6.58. The summed E-state index contributed by atoms with van der Waals surface area (Å²) in [7, 11) is 0. The van der Waals surface area contributed by atoms with Crippen molar-refractivity contribution in [2.75, 3.05) is 11.9 Å². The molecule has 5 N–H and O–H groups in total. The van der Waals surface area contributed by atoms with Crippen molar-refractivity contribution in [1.82, 2.24) is 15.3 Å². The zero-order chi connectivity index (χ0) is 21.8. The van der Waals surface area contributed by atoms with Gasteiger partial charge in [0, 0.05) is 6.20 Å². The first-order valence-electron chi connectivity index (χ1n) is 8.84. The molecule has 3 heterocycles. The second-order valence-electron chi connectivity index (χ2n) is 6.58. The minimum Gasteiger partial charge on any atom is -0.425 e. The van der Waals surface area contributed by atoms with Gasteiger partial charge in [-0.15, -0.1) is 0 Å². The van der Waals surface area contributed by atoms with E-state index >= 15 is 0 Å².